The van der Waals surface area contributed by atoms with E-state index in [0.717, 1.165) is 12.8 Å². The average molecular weight is 222 g/mol. The fraction of sp³-hybridized carbons (Fsp3) is 0.636. The third-order valence-corrected chi connectivity index (χ3v) is 3.40. The maximum atomic E-state index is 11.9. The van der Waals surface area contributed by atoms with Gasteiger partial charge in [-0.1, -0.05) is 20.3 Å². The van der Waals surface area contributed by atoms with Gasteiger partial charge in [-0.2, -0.15) is 5.10 Å². The van der Waals surface area contributed by atoms with Crippen molar-refractivity contribution in [3.8, 4) is 0 Å². The summed E-state index contributed by atoms with van der Waals surface area (Å²) in [5, 5.41) is 9.39. The van der Waals surface area contributed by atoms with E-state index >= 15 is 0 Å². The molecule has 1 aliphatic rings. The molecule has 1 saturated carbocycles. The Morgan fingerprint density at radius 3 is 2.94 bits per heavy atom. The number of aromatic nitrogens is 2. The van der Waals surface area contributed by atoms with Crippen LogP contribution in [0.1, 0.15) is 43.6 Å². The molecule has 0 saturated heterocycles. The van der Waals surface area contributed by atoms with E-state index < -0.39 is 0 Å². The molecule has 1 aromatic heterocycles. The number of H-pyrrole nitrogens is 1. The Kier molecular flexibility index (Phi) is 2.61. The van der Waals surface area contributed by atoms with Crippen LogP contribution in [0.4, 0.5) is 5.82 Å². The van der Waals surface area contributed by atoms with Crippen LogP contribution in [0, 0.1) is 5.41 Å². The van der Waals surface area contributed by atoms with E-state index in [1.54, 1.807) is 6.07 Å². The Bertz CT molecular complexity index is 396. The minimum atomic E-state index is -0.121. The zero-order chi connectivity index (χ0) is 11.8. The second-order valence-corrected chi connectivity index (χ2v) is 5.11. The Balaban J connectivity index is 2.03. The lowest BCUT2D eigenvalue weighted by molar-refractivity contribution is 0.0905. The van der Waals surface area contributed by atoms with Crippen molar-refractivity contribution in [3.63, 3.8) is 0 Å². The predicted octanol–water partition coefficient (Wildman–Crippen LogP) is 1.30. The summed E-state index contributed by atoms with van der Waals surface area (Å²) >= 11 is 0. The van der Waals surface area contributed by atoms with Gasteiger partial charge >= 0.3 is 0 Å². The van der Waals surface area contributed by atoms with E-state index in [4.69, 9.17) is 5.73 Å². The lowest BCUT2D eigenvalue weighted by Gasteiger charge is -2.27. The maximum Gasteiger partial charge on any atom is 0.269 e. The molecule has 1 amide bonds. The van der Waals surface area contributed by atoms with Gasteiger partial charge in [0.2, 0.25) is 0 Å². The molecule has 0 aliphatic heterocycles. The normalized spacial score (nSPS) is 23.2. The summed E-state index contributed by atoms with van der Waals surface area (Å²) in [6.07, 6.45) is 3.37. The molecule has 16 heavy (non-hydrogen) atoms. The molecule has 5 nitrogen and oxygen atoms in total. The summed E-state index contributed by atoms with van der Waals surface area (Å²) in [6.45, 7) is 4.37. The van der Waals surface area contributed by atoms with Crippen molar-refractivity contribution in [1.29, 1.82) is 0 Å². The molecule has 88 valence electrons. The molecule has 0 aromatic carbocycles. The van der Waals surface area contributed by atoms with E-state index in [0.29, 0.717) is 11.5 Å². The first kappa shape index (κ1) is 11.0. The van der Waals surface area contributed by atoms with Crippen molar-refractivity contribution in [3.05, 3.63) is 11.8 Å². The van der Waals surface area contributed by atoms with Crippen LogP contribution in [-0.2, 0) is 0 Å². The van der Waals surface area contributed by atoms with Crippen molar-refractivity contribution >= 4 is 11.7 Å². The van der Waals surface area contributed by atoms with E-state index in [1.165, 1.54) is 6.42 Å². The number of nitrogen functional groups attached to an aromatic ring is 1. The van der Waals surface area contributed by atoms with Crippen LogP contribution in [0.5, 0.6) is 0 Å². The summed E-state index contributed by atoms with van der Waals surface area (Å²) in [4.78, 5) is 11.9. The first-order valence-electron chi connectivity index (χ1n) is 5.61. The second-order valence-electron chi connectivity index (χ2n) is 5.11. The first-order chi connectivity index (χ1) is 7.49. The molecule has 5 heteroatoms. The molecule has 1 heterocycles. The minimum Gasteiger partial charge on any atom is -0.382 e. The van der Waals surface area contributed by atoms with Gasteiger partial charge in [0.25, 0.3) is 5.91 Å². The number of anilines is 1. The standard InChI is InChI=1S/C11H18N4O/c1-11(2)5-3-4-8(11)13-10(16)7-6-9(12)15-14-7/h6,8H,3-5H2,1-2H3,(H,13,16)(H3,12,14,15). The molecule has 0 spiro atoms. The average Bonchev–Trinajstić information content (AvgIpc) is 2.74. The highest BCUT2D eigenvalue weighted by Gasteiger charge is 2.35. The van der Waals surface area contributed by atoms with Gasteiger partial charge in [0.1, 0.15) is 11.5 Å². The summed E-state index contributed by atoms with van der Waals surface area (Å²) in [7, 11) is 0. The van der Waals surface area contributed by atoms with Crippen molar-refractivity contribution in [2.24, 2.45) is 5.41 Å². The molecule has 0 bridgehead atoms. The topological polar surface area (TPSA) is 83.8 Å². The summed E-state index contributed by atoms with van der Waals surface area (Å²) in [5.41, 5.74) is 6.07. The molecule has 2 rings (SSSR count). The molecule has 1 aliphatic carbocycles. The Hall–Kier alpha value is -1.52. The smallest absolute Gasteiger partial charge is 0.269 e. The molecular weight excluding hydrogens is 204 g/mol. The van der Waals surface area contributed by atoms with E-state index in [-0.39, 0.29) is 17.4 Å². The van der Waals surface area contributed by atoms with Gasteiger partial charge in [0.05, 0.1) is 0 Å². The van der Waals surface area contributed by atoms with Crippen molar-refractivity contribution in [2.75, 3.05) is 5.73 Å². The number of nitrogens with one attached hydrogen (secondary N) is 2. The maximum absolute atomic E-state index is 11.9. The molecular formula is C11H18N4O. The SMILES string of the molecule is CC1(C)CCCC1NC(=O)c1cc(N)n[nH]1. The van der Waals surface area contributed by atoms with Gasteiger partial charge < -0.3 is 11.1 Å². The highest BCUT2D eigenvalue weighted by atomic mass is 16.2. The van der Waals surface area contributed by atoms with Crippen LogP contribution in [0.15, 0.2) is 6.07 Å². The highest BCUT2D eigenvalue weighted by molar-refractivity contribution is 5.93. The van der Waals surface area contributed by atoms with Crippen LogP contribution >= 0.6 is 0 Å². The molecule has 1 aromatic rings. The summed E-state index contributed by atoms with van der Waals surface area (Å²) in [6, 6.07) is 1.79. The quantitative estimate of drug-likeness (QED) is 0.705. The zero-order valence-electron chi connectivity index (χ0n) is 9.71. The van der Waals surface area contributed by atoms with Crippen LogP contribution < -0.4 is 11.1 Å². The Labute approximate surface area is 94.8 Å². The number of carbonyl (C=O) groups is 1. The number of amides is 1. The molecule has 4 N–H and O–H groups in total. The van der Waals surface area contributed by atoms with Crippen LogP contribution in [0.3, 0.4) is 0 Å². The van der Waals surface area contributed by atoms with Gasteiger partial charge in [-0.15, -0.1) is 0 Å². The summed E-state index contributed by atoms with van der Waals surface area (Å²) in [5.74, 6) is 0.222. The molecule has 0 radical (unpaired) electrons. The number of aromatic amines is 1. The molecule has 1 atom stereocenters. The number of nitrogens with two attached hydrogens (primary N) is 1. The lowest BCUT2D eigenvalue weighted by Crippen LogP contribution is -2.41. The number of nitrogens with zero attached hydrogens (tertiary/aromatic N) is 1. The van der Waals surface area contributed by atoms with Gasteiger partial charge in [-0.25, -0.2) is 0 Å². The zero-order valence-corrected chi connectivity index (χ0v) is 9.71. The molecule has 1 fully saturated rings. The van der Waals surface area contributed by atoms with Gasteiger partial charge in [0.15, 0.2) is 0 Å². The third kappa shape index (κ3) is 2.03. The fourth-order valence-electron chi connectivity index (χ4n) is 2.28. The number of carbonyl (C=O) groups excluding carboxylic acids is 1. The lowest BCUT2D eigenvalue weighted by atomic mass is 9.87. The van der Waals surface area contributed by atoms with Gasteiger partial charge in [-0.3, -0.25) is 9.89 Å². The first-order valence-corrected chi connectivity index (χ1v) is 5.61. The van der Waals surface area contributed by atoms with E-state index in [2.05, 4.69) is 29.4 Å². The highest BCUT2D eigenvalue weighted by Crippen LogP contribution is 2.37. The van der Waals surface area contributed by atoms with E-state index in [9.17, 15) is 4.79 Å². The largest absolute Gasteiger partial charge is 0.382 e. The Morgan fingerprint density at radius 2 is 2.44 bits per heavy atom. The second kappa shape index (κ2) is 3.81. The predicted molar refractivity (Wildman–Crippen MR) is 61.9 cm³/mol. The minimum absolute atomic E-state index is 0.121. The van der Waals surface area contributed by atoms with E-state index in [1.807, 2.05) is 0 Å². The third-order valence-electron chi connectivity index (χ3n) is 3.40. The van der Waals surface area contributed by atoms with Crippen molar-refractivity contribution < 1.29 is 4.79 Å². The number of rotatable bonds is 2. The van der Waals surface area contributed by atoms with Gasteiger partial charge in [-0.05, 0) is 18.3 Å². The number of hydrogen-bond acceptors (Lipinski definition) is 3. The van der Waals surface area contributed by atoms with Gasteiger partial charge in [0, 0.05) is 12.1 Å². The van der Waals surface area contributed by atoms with Crippen LogP contribution in [-0.4, -0.2) is 22.1 Å². The molecule has 1 unspecified atom stereocenters. The monoisotopic (exact) mass is 222 g/mol. The summed E-state index contributed by atoms with van der Waals surface area (Å²) < 4.78 is 0. The fourth-order valence-corrected chi connectivity index (χ4v) is 2.28. The van der Waals surface area contributed by atoms with Crippen LogP contribution in [0.2, 0.25) is 0 Å². The Morgan fingerprint density at radius 1 is 1.69 bits per heavy atom. The number of hydrogen-bond donors (Lipinski definition) is 3. The van der Waals surface area contributed by atoms with Crippen molar-refractivity contribution in [1.82, 2.24) is 15.5 Å². The van der Waals surface area contributed by atoms with Crippen molar-refractivity contribution in [2.45, 2.75) is 39.2 Å². The van der Waals surface area contributed by atoms with Crippen LogP contribution in [0.25, 0.3) is 0 Å².